The Bertz CT molecular complexity index is 822. The smallest absolute Gasteiger partial charge is 0.246 e. The van der Waals surface area contributed by atoms with Crippen LogP contribution < -0.4 is 5.32 Å². The number of carbonyl (C=O) groups is 1. The van der Waals surface area contributed by atoms with E-state index in [2.05, 4.69) is 15.5 Å². The van der Waals surface area contributed by atoms with Gasteiger partial charge >= 0.3 is 0 Å². The van der Waals surface area contributed by atoms with Crippen LogP contribution in [0.1, 0.15) is 11.5 Å². The van der Waals surface area contributed by atoms with E-state index in [1.165, 1.54) is 5.56 Å². The molecule has 0 atom stereocenters. The van der Waals surface area contributed by atoms with Crippen molar-refractivity contribution >= 4 is 29.3 Å². The number of amides is 1. The van der Waals surface area contributed by atoms with Crippen molar-refractivity contribution in [2.45, 2.75) is 12.3 Å². The molecule has 0 aliphatic rings. The second kappa shape index (κ2) is 8.69. The number of nitrogens with zero attached hydrogens (tertiary/aromatic N) is 2. The predicted octanol–water partition coefficient (Wildman–Crippen LogP) is 3.94. The van der Waals surface area contributed by atoms with Gasteiger partial charge in [0.05, 0.1) is 12.3 Å². The Morgan fingerprint density at radius 2 is 1.88 bits per heavy atom. The number of rotatable bonds is 7. The van der Waals surface area contributed by atoms with Crippen molar-refractivity contribution < 1.29 is 9.32 Å². The summed E-state index contributed by atoms with van der Waals surface area (Å²) in [5, 5.41) is 7.34. The molecule has 0 aliphatic carbocycles. The first kappa shape index (κ1) is 17.5. The minimum absolute atomic E-state index is 0.0628. The van der Waals surface area contributed by atoms with Crippen LogP contribution in [0.2, 0.25) is 5.02 Å². The van der Waals surface area contributed by atoms with Crippen molar-refractivity contribution in [1.82, 2.24) is 15.5 Å². The number of benzene rings is 2. The van der Waals surface area contributed by atoms with Gasteiger partial charge in [0.15, 0.2) is 0 Å². The van der Waals surface area contributed by atoms with Gasteiger partial charge in [-0.15, -0.1) is 11.8 Å². The summed E-state index contributed by atoms with van der Waals surface area (Å²) < 4.78 is 5.16. The minimum Gasteiger partial charge on any atom is -0.346 e. The van der Waals surface area contributed by atoms with Crippen LogP contribution >= 0.6 is 23.4 Å². The van der Waals surface area contributed by atoms with Crippen molar-refractivity contribution in [1.29, 1.82) is 0 Å². The third kappa shape index (κ3) is 5.34. The van der Waals surface area contributed by atoms with Gasteiger partial charge in [0.1, 0.15) is 0 Å². The van der Waals surface area contributed by atoms with Crippen LogP contribution in [0.15, 0.2) is 59.1 Å². The largest absolute Gasteiger partial charge is 0.346 e. The molecule has 0 unspecified atom stereocenters. The highest BCUT2D eigenvalue weighted by atomic mass is 35.5. The third-order valence-corrected chi connectivity index (χ3v) is 4.61. The van der Waals surface area contributed by atoms with E-state index in [0.717, 1.165) is 11.3 Å². The minimum atomic E-state index is -0.0628. The lowest BCUT2D eigenvalue weighted by Gasteiger charge is -2.02. The van der Waals surface area contributed by atoms with E-state index in [1.807, 2.05) is 42.5 Å². The molecule has 0 spiro atoms. The molecule has 1 heterocycles. The maximum Gasteiger partial charge on any atom is 0.246 e. The monoisotopic (exact) mass is 373 g/mol. The van der Waals surface area contributed by atoms with Gasteiger partial charge in [-0.25, -0.2) is 0 Å². The number of hydrogen-bond donors (Lipinski definition) is 1. The molecule has 0 bridgehead atoms. The molecule has 0 aliphatic heterocycles. The summed E-state index contributed by atoms with van der Waals surface area (Å²) in [5.41, 5.74) is 2.01. The van der Waals surface area contributed by atoms with Gasteiger partial charge in [0, 0.05) is 16.3 Å². The van der Waals surface area contributed by atoms with E-state index in [0.29, 0.717) is 22.5 Å². The average Bonchev–Trinajstić information content (AvgIpc) is 3.10. The number of halogens is 1. The molecule has 1 amide bonds. The molecule has 128 valence electrons. The summed E-state index contributed by atoms with van der Waals surface area (Å²) in [6.07, 6.45) is 0. The molecule has 3 aromatic rings. The highest BCUT2D eigenvalue weighted by Gasteiger charge is 2.10. The van der Waals surface area contributed by atoms with E-state index >= 15 is 0 Å². The van der Waals surface area contributed by atoms with Gasteiger partial charge in [-0.3, -0.25) is 4.79 Å². The lowest BCUT2D eigenvalue weighted by Crippen LogP contribution is -2.24. The number of hydrogen-bond acceptors (Lipinski definition) is 5. The fourth-order valence-corrected chi connectivity index (χ4v) is 3.05. The number of thioether (sulfide) groups is 1. The molecule has 2 aromatic carbocycles. The summed E-state index contributed by atoms with van der Waals surface area (Å²) in [5.74, 6) is 1.96. The number of nitrogens with one attached hydrogen (secondary N) is 1. The molecule has 3 rings (SSSR count). The van der Waals surface area contributed by atoms with Crippen LogP contribution in [0.3, 0.4) is 0 Å². The van der Waals surface area contributed by atoms with Crippen LogP contribution in [-0.2, 0) is 17.1 Å². The third-order valence-electron chi connectivity index (χ3n) is 3.35. The Labute approximate surface area is 154 Å². The first-order valence-corrected chi connectivity index (χ1v) is 9.21. The van der Waals surface area contributed by atoms with Gasteiger partial charge in [-0.05, 0) is 29.8 Å². The van der Waals surface area contributed by atoms with Gasteiger partial charge in [0.2, 0.25) is 17.6 Å². The SMILES string of the molecule is O=C(CSCc1ccccc1)NCc1nc(-c2ccc(Cl)cc2)no1. The fourth-order valence-electron chi connectivity index (χ4n) is 2.10. The quantitative estimate of drug-likeness (QED) is 0.679. The van der Waals surface area contributed by atoms with E-state index in [9.17, 15) is 4.79 Å². The van der Waals surface area contributed by atoms with Gasteiger partial charge in [-0.2, -0.15) is 4.98 Å². The summed E-state index contributed by atoms with van der Waals surface area (Å²) in [6.45, 7) is 0.214. The zero-order valence-corrected chi connectivity index (χ0v) is 14.9. The summed E-state index contributed by atoms with van der Waals surface area (Å²) in [4.78, 5) is 16.2. The maximum absolute atomic E-state index is 11.9. The zero-order chi connectivity index (χ0) is 17.5. The maximum atomic E-state index is 11.9. The fraction of sp³-hybridized carbons (Fsp3) is 0.167. The highest BCUT2D eigenvalue weighted by molar-refractivity contribution is 7.99. The van der Waals surface area contributed by atoms with Crippen molar-refractivity contribution in [3.63, 3.8) is 0 Å². The van der Waals surface area contributed by atoms with Gasteiger partial charge in [0.25, 0.3) is 0 Å². The normalized spacial score (nSPS) is 10.6. The van der Waals surface area contributed by atoms with Crippen LogP contribution in [-0.4, -0.2) is 21.8 Å². The summed E-state index contributed by atoms with van der Waals surface area (Å²) >= 11 is 7.42. The Balaban J connectivity index is 1.44. The van der Waals surface area contributed by atoms with Crippen molar-refractivity contribution in [2.24, 2.45) is 0 Å². The molecule has 7 heteroatoms. The lowest BCUT2D eigenvalue weighted by atomic mass is 10.2. The predicted molar refractivity (Wildman–Crippen MR) is 99.2 cm³/mol. The zero-order valence-electron chi connectivity index (χ0n) is 13.3. The Hall–Kier alpha value is -2.31. The molecule has 1 aromatic heterocycles. The molecular formula is C18H16ClN3O2S. The van der Waals surface area contributed by atoms with Gasteiger partial charge < -0.3 is 9.84 Å². The molecule has 0 saturated heterocycles. The van der Waals surface area contributed by atoms with E-state index in [1.54, 1.807) is 23.9 Å². The first-order valence-electron chi connectivity index (χ1n) is 7.67. The van der Waals surface area contributed by atoms with E-state index in [-0.39, 0.29) is 12.5 Å². The summed E-state index contributed by atoms with van der Waals surface area (Å²) in [7, 11) is 0. The van der Waals surface area contributed by atoms with Crippen molar-refractivity contribution in [3.8, 4) is 11.4 Å². The van der Waals surface area contributed by atoms with Crippen LogP contribution in [0.25, 0.3) is 11.4 Å². The van der Waals surface area contributed by atoms with Crippen LogP contribution in [0.5, 0.6) is 0 Å². The van der Waals surface area contributed by atoms with E-state index in [4.69, 9.17) is 16.1 Å². The van der Waals surface area contributed by atoms with Crippen LogP contribution in [0, 0.1) is 0 Å². The second-order valence-corrected chi connectivity index (χ2v) is 6.70. The number of carbonyl (C=O) groups excluding carboxylic acids is 1. The molecule has 5 nitrogen and oxygen atoms in total. The van der Waals surface area contributed by atoms with Crippen molar-refractivity contribution in [2.75, 3.05) is 5.75 Å². The molecule has 0 saturated carbocycles. The number of aromatic nitrogens is 2. The highest BCUT2D eigenvalue weighted by Crippen LogP contribution is 2.18. The molecule has 25 heavy (non-hydrogen) atoms. The topological polar surface area (TPSA) is 68.0 Å². The Morgan fingerprint density at radius 3 is 2.64 bits per heavy atom. The first-order chi connectivity index (χ1) is 12.2. The second-order valence-electron chi connectivity index (χ2n) is 5.27. The molecule has 0 radical (unpaired) electrons. The Kier molecular flexibility index (Phi) is 6.09. The Morgan fingerprint density at radius 1 is 1.12 bits per heavy atom. The standard InChI is InChI=1S/C18H16ClN3O2S/c19-15-8-6-14(7-9-15)18-21-17(24-22-18)10-20-16(23)12-25-11-13-4-2-1-3-5-13/h1-9H,10-12H2,(H,20,23). The van der Waals surface area contributed by atoms with Crippen molar-refractivity contribution in [3.05, 3.63) is 71.1 Å². The molecular weight excluding hydrogens is 358 g/mol. The average molecular weight is 374 g/mol. The van der Waals surface area contributed by atoms with Crippen LogP contribution in [0.4, 0.5) is 0 Å². The lowest BCUT2D eigenvalue weighted by molar-refractivity contribution is -0.118. The van der Waals surface area contributed by atoms with E-state index < -0.39 is 0 Å². The molecule has 1 N–H and O–H groups in total. The molecule has 0 fully saturated rings. The summed E-state index contributed by atoms with van der Waals surface area (Å²) in [6, 6.07) is 17.2. The van der Waals surface area contributed by atoms with Gasteiger partial charge in [-0.1, -0.05) is 47.1 Å².